The molecule has 7 heteroatoms. The maximum Gasteiger partial charge on any atom is 0.338 e. The molecule has 0 aromatic heterocycles. The van der Waals surface area contributed by atoms with E-state index in [1.165, 1.54) is 0 Å². The predicted molar refractivity (Wildman–Crippen MR) is 112 cm³/mol. The van der Waals surface area contributed by atoms with Gasteiger partial charge < -0.3 is 24.3 Å². The Morgan fingerprint density at radius 1 is 0.935 bits per heavy atom. The second kappa shape index (κ2) is 9.21. The van der Waals surface area contributed by atoms with Crippen molar-refractivity contribution in [3.05, 3.63) is 83.9 Å². The molecule has 3 aromatic carbocycles. The van der Waals surface area contributed by atoms with Gasteiger partial charge in [-0.3, -0.25) is 4.79 Å². The molecule has 1 heterocycles. The summed E-state index contributed by atoms with van der Waals surface area (Å²) in [4.78, 5) is 24.4. The normalized spacial score (nSPS) is 12.7. The summed E-state index contributed by atoms with van der Waals surface area (Å²) in [6.45, 7) is 1.65. The van der Waals surface area contributed by atoms with Gasteiger partial charge >= 0.3 is 5.97 Å². The number of ether oxygens (including phenoxy) is 4. The fourth-order valence-electron chi connectivity index (χ4n) is 3.05. The van der Waals surface area contributed by atoms with Gasteiger partial charge in [0.1, 0.15) is 11.5 Å². The zero-order valence-corrected chi connectivity index (χ0v) is 16.9. The molecule has 0 spiro atoms. The zero-order valence-electron chi connectivity index (χ0n) is 16.9. The van der Waals surface area contributed by atoms with Crippen molar-refractivity contribution in [3.8, 4) is 23.0 Å². The summed E-state index contributed by atoms with van der Waals surface area (Å²) < 4.78 is 21.4. The summed E-state index contributed by atoms with van der Waals surface area (Å²) in [7, 11) is 0. The Morgan fingerprint density at radius 2 is 1.65 bits per heavy atom. The van der Waals surface area contributed by atoms with Crippen molar-refractivity contribution < 1.29 is 28.5 Å². The third-order valence-electron chi connectivity index (χ3n) is 4.68. The van der Waals surface area contributed by atoms with Crippen LogP contribution >= 0.6 is 0 Å². The average molecular weight is 419 g/mol. The third-order valence-corrected chi connectivity index (χ3v) is 4.68. The fraction of sp³-hybridized carbons (Fsp3) is 0.167. The number of para-hydroxylation sites is 1. The van der Waals surface area contributed by atoms with Gasteiger partial charge in [0.2, 0.25) is 6.79 Å². The minimum Gasteiger partial charge on any atom is -0.457 e. The first-order valence-corrected chi connectivity index (χ1v) is 9.77. The molecule has 7 nitrogen and oxygen atoms in total. The van der Waals surface area contributed by atoms with Gasteiger partial charge in [-0.15, -0.1) is 0 Å². The molecule has 1 unspecified atom stereocenters. The van der Waals surface area contributed by atoms with E-state index < -0.39 is 11.9 Å². The first kappa shape index (κ1) is 20.3. The Kier molecular flexibility index (Phi) is 6.03. The molecule has 0 saturated carbocycles. The number of benzene rings is 3. The van der Waals surface area contributed by atoms with E-state index in [0.717, 1.165) is 5.56 Å². The molecule has 0 aliphatic carbocycles. The van der Waals surface area contributed by atoms with E-state index in [4.69, 9.17) is 18.9 Å². The van der Waals surface area contributed by atoms with Gasteiger partial charge in [0, 0.05) is 0 Å². The average Bonchev–Trinajstić information content (AvgIpc) is 3.26. The molecule has 4 rings (SSSR count). The molecule has 31 heavy (non-hydrogen) atoms. The van der Waals surface area contributed by atoms with Crippen LogP contribution in [0, 0.1) is 0 Å². The van der Waals surface area contributed by atoms with E-state index in [9.17, 15) is 9.59 Å². The van der Waals surface area contributed by atoms with Gasteiger partial charge in [-0.25, -0.2) is 4.79 Å². The van der Waals surface area contributed by atoms with Gasteiger partial charge in [0.25, 0.3) is 5.91 Å². The van der Waals surface area contributed by atoms with Crippen LogP contribution in [0.25, 0.3) is 0 Å². The maximum absolute atomic E-state index is 12.2. The van der Waals surface area contributed by atoms with Crippen LogP contribution in [0.4, 0.5) is 0 Å². The van der Waals surface area contributed by atoms with Crippen LogP contribution < -0.4 is 19.5 Å². The number of hydrogen-bond donors (Lipinski definition) is 1. The summed E-state index contributed by atoms with van der Waals surface area (Å²) in [5.41, 5.74) is 1.19. The van der Waals surface area contributed by atoms with Crippen LogP contribution in [-0.4, -0.2) is 25.3 Å². The Balaban J connectivity index is 1.26. The highest BCUT2D eigenvalue weighted by Crippen LogP contribution is 2.34. The lowest BCUT2D eigenvalue weighted by atomic mass is 10.1. The Hall–Kier alpha value is -4.00. The molecule has 1 aliphatic rings. The first-order valence-electron chi connectivity index (χ1n) is 9.77. The molecule has 1 amide bonds. The van der Waals surface area contributed by atoms with E-state index >= 15 is 0 Å². The number of nitrogens with one attached hydrogen (secondary N) is 1. The van der Waals surface area contributed by atoms with Crippen molar-refractivity contribution in [2.75, 3.05) is 13.4 Å². The highest BCUT2D eigenvalue weighted by Gasteiger charge is 2.17. The molecule has 1 aliphatic heterocycles. The fourth-order valence-corrected chi connectivity index (χ4v) is 3.05. The predicted octanol–water partition coefficient (Wildman–Crippen LogP) is 4.24. The number of rotatable bonds is 7. The highest BCUT2D eigenvalue weighted by atomic mass is 16.7. The van der Waals surface area contributed by atoms with Crippen molar-refractivity contribution >= 4 is 11.9 Å². The number of fused-ring (bicyclic) bond motifs is 1. The highest BCUT2D eigenvalue weighted by molar-refractivity contribution is 5.91. The minimum atomic E-state index is -0.586. The number of esters is 1. The van der Waals surface area contributed by atoms with Gasteiger partial charge in [-0.2, -0.15) is 0 Å². The molecule has 1 atom stereocenters. The Labute approximate surface area is 179 Å². The summed E-state index contributed by atoms with van der Waals surface area (Å²) >= 11 is 0. The van der Waals surface area contributed by atoms with Crippen molar-refractivity contribution in [1.29, 1.82) is 0 Å². The van der Waals surface area contributed by atoms with Gasteiger partial charge in [-0.1, -0.05) is 24.3 Å². The molecule has 158 valence electrons. The number of carbonyl (C=O) groups is 2. The van der Waals surface area contributed by atoms with Crippen LogP contribution in [0.3, 0.4) is 0 Å². The van der Waals surface area contributed by atoms with Gasteiger partial charge in [0.15, 0.2) is 18.1 Å². The maximum atomic E-state index is 12.2. The number of hydrogen-bond acceptors (Lipinski definition) is 6. The largest absolute Gasteiger partial charge is 0.457 e. The molecule has 1 N–H and O–H groups in total. The number of carbonyl (C=O) groups excluding carboxylic acids is 2. The minimum absolute atomic E-state index is 0.189. The van der Waals surface area contributed by atoms with Crippen LogP contribution in [0.2, 0.25) is 0 Å². The summed E-state index contributed by atoms with van der Waals surface area (Å²) in [6.07, 6.45) is 0. The third kappa shape index (κ3) is 5.14. The monoisotopic (exact) mass is 419 g/mol. The van der Waals surface area contributed by atoms with Crippen LogP contribution in [-0.2, 0) is 9.53 Å². The zero-order chi connectivity index (χ0) is 21.6. The smallest absolute Gasteiger partial charge is 0.338 e. The quantitative estimate of drug-likeness (QED) is 0.577. The molecule has 0 fully saturated rings. The van der Waals surface area contributed by atoms with Crippen molar-refractivity contribution in [2.45, 2.75) is 13.0 Å². The summed E-state index contributed by atoms with van der Waals surface area (Å²) in [5.74, 6) is 1.63. The van der Waals surface area contributed by atoms with Crippen LogP contribution in [0.1, 0.15) is 28.9 Å². The van der Waals surface area contributed by atoms with E-state index in [0.29, 0.717) is 28.6 Å². The molecule has 0 bridgehead atoms. The van der Waals surface area contributed by atoms with E-state index in [-0.39, 0.29) is 19.4 Å². The van der Waals surface area contributed by atoms with Crippen molar-refractivity contribution in [1.82, 2.24) is 5.32 Å². The lowest BCUT2D eigenvalue weighted by molar-refractivity contribution is -0.124. The summed E-state index contributed by atoms with van der Waals surface area (Å²) in [5, 5.41) is 2.80. The molecule has 0 radical (unpaired) electrons. The summed E-state index contributed by atoms with van der Waals surface area (Å²) in [6, 6.07) is 21.0. The van der Waals surface area contributed by atoms with Crippen molar-refractivity contribution in [3.63, 3.8) is 0 Å². The standard InChI is InChI=1S/C24H21NO6/c1-16(18-9-12-21-22(13-18)30-15-29-21)25-23(26)14-28-24(27)17-7-10-20(11-8-17)31-19-5-3-2-4-6-19/h2-13,16H,14-15H2,1H3,(H,25,26). The van der Waals surface area contributed by atoms with Gasteiger partial charge in [0.05, 0.1) is 11.6 Å². The number of amides is 1. The second-order valence-corrected chi connectivity index (χ2v) is 6.92. The van der Waals surface area contributed by atoms with Crippen LogP contribution in [0.5, 0.6) is 23.0 Å². The lowest BCUT2D eigenvalue weighted by Crippen LogP contribution is -2.31. The van der Waals surface area contributed by atoms with E-state index in [1.54, 1.807) is 30.3 Å². The lowest BCUT2D eigenvalue weighted by Gasteiger charge is -2.15. The molecular formula is C24H21NO6. The molecular weight excluding hydrogens is 398 g/mol. The van der Waals surface area contributed by atoms with Gasteiger partial charge in [-0.05, 0) is 61.0 Å². The SMILES string of the molecule is CC(NC(=O)COC(=O)c1ccc(Oc2ccccc2)cc1)c1ccc2c(c1)OCO2. The Bertz CT molecular complexity index is 1070. The van der Waals surface area contributed by atoms with E-state index in [1.807, 2.05) is 49.4 Å². The second-order valence-electron chi connectivity index (χ2n) is 6.92. The van der Waals surface area contributed by atoms with Crippen LogP contribution in [0.15, 0.2) is 72.8 Å². The molecule has 0 saturated heterocycles. The topological polar surface area (TPSA) is 83.1 Å². The van der Waals surface area contributed by atoms with E-state index in [2.05, 4.69) is 5.32 Å². The molecule has 3 aromatic rings. The van der Waals surface area contributed by atoms with Crippen molar-refractivity contribution in [2.24, 2.45) is 0 Å². The first-order chi connectivity index (χ1) is 15.1. The Morgan fingerprint density at radius 3 is 2.42 bits per heavy atom.